The predicted octanol–water partition coefficient (Wildman–Crippen LogP) is 2.53. The van der Waals surface area contributed by atoms with Gasteiger partial charge in [0.05, 0.1) is 17.8 Å². The molecule has 1 atom stereocenters. The van der Waals surface area contributed by atoms with E-state index in [-0.39, 0.29) is 18.4 Å². The summed E-state index contributed by atoms with van der Waals surface area (Å²) in [4.78, 5) is 16.3. The van der Waals surface area contributed by atoms with Crippen LogP contribution in [0.1, 0.15) is 11.5 Å². The molecule has 98 valence electrons. The van der Waals surface area contributed by atoms with Crippen LogP contribution in [0, 0.1) is 0 Å². The highest BCUT2D eigenvalue weighted by Crippen LogP contribution is 2.17. The lowest BCUT2D eigenvalue weighted by molar-refractivity contribution is -0.117. The summed E-state index contributed by atoms with van der Waals surface area (Å²) in [5, 5.41) is 2.82. The van der Waals surface area contributed by atoms with Crippen LogP contribution in [0.3, 0.4) is 0 Å². The van der Waals surface area contributed by atoms with E-state index in [0.29, 0.717) is 5.69 Å². The Labute approximate surface area is 120 Å². The van der Waals surface area contributed by atoms with E-state index in [0.717, 1.165) is 10.2 Å². The number of amides is 1. The molecule has 19 heavy (non-hydrogen) atoms. The second-order valence-corrected chi connectivity index (χ2v) is 4.87. The van der Waals surface area contributed by atoms with Gasteiger partial charge < -0.3 is 11.1 Å². The zero-order valence-corrected chi connectivity index (χ0v) is 11.8. The van der Waals surface area contributed by atoms with Crippen LogP contribution < -0.4 is 11.1 Å². The van der Waals surface area contributed by atoms with Crippen LogP contribution in [0.15, 0.2) is 53.3 Å². The summed E-state index contributed by atoms with van der Waals surface area (Å²) in [7, 11) is 0. The molecule has 2 rings (SSSR count). The monoisotopic (exact) mass is 319 g/mol. The maximum atomic E-state index is 12.2. The number of carbonyl (C=O) groups excluding carboxylic acids is 1. The molecule has 0 spiro atoms. The fourth-order valence-electron chi connectivity index (χ4n) is 1.76. The average molecular weight is 320 g/mol. The summed E-state index contributed by atoms with van der Waals surface area (Å²) < 4.78 is 0.726. The molecule has 1 aromatic carbocycles. The van der Waals surface area contributed by atoms with Crippen molar-refractivity contribution in [3.63, 3.8) is 0 Å². The van der Waals surface area contributed by atoms with E-state index in [9.17, 15) is 4.79 Å². The van der Waals surface area contributed by atoms with E-state index in [1.54, 1.807) is 18.3 Å². The van der Waals surface area contributed by atoms with Gasteiger partial charge in [0.1, 0.15) is 4.60 Å². The topological polar surface area (TPSA) is 68.0 Å². The first kappa shape index (κ1) is 13.7. The lowest BCUT2D eigenvalue weighted by atomic mass is 9.98. The Balaban J connectivity index is 2.11. The van der Waals surface area contributed by atoms with Crippen molar-refractivity contribution in [1.82, 2.24) is 4.98 Å². The number of carbonyl (C=O) groups is 1. The molecule has 0 bridgehead atoms. The quantitative estimate of drug-likeness (QED) is 0.851. The van der Waals surface area contributed by atoms with Crippen LogP contribution in [-0.2, 0) is 4.79 Å². The largest absolute Gasteiger partial charge is 0.329 e. The SMILES string of the molecule is NCC(C(=O)Nc1ccc(Br)nc1)c1ccccc1. The van der Waals surface area contributed by atoms with Crippen molar-refractivity contribution in [2.75, 3.05) is 11.9 Å². The molecular weight excluding hydrogens is 306 g/mol. The van der Waals surface area contributed by atoms with E-state index in [1.165, 1.54) is 0 Å². The Kier molecular flexibility index (Phi) is 4.65. The second kappa shape index (κ2) is 6.45. The van der Waals surface area contributed by atoms with E-state index in [1.807, 2.05) is 30.3 Å². The van der Waals surface area contributed by atoms with E-state index < -0.39 is 0 Å². The van der Waals surface area contributed by atoms with E-state index in [2.05, 4.69) is 26.2 Å². The highest BCUT2D eigenvalue weighted by Gasteiger charge is 2.18. The number of benzene rings is 1. The molecule has 2 aromatic rings. The highest BCUT2D eigenvalue weighted by atomic mass is 79.9. The fourth-order valence-corrected chi connectivity index (χ4v) is 1.99. The Bertz CT molecular complexity index is 542. The number of halogens is 1. The van der Waals surface area contributed by atoms with Gasteiger partial charge in [0.15, 0.2) is 0 Å². The van der Waals surface area contributed by atoms with Gasteiger partial charge in [-0.2, -0.15) is 0 Å². The molecule has 5 heteroatoms. The van der Waals surface area contributed by atoms with Crippen LogP contribution in [-0.4, -0.2) is 17.4 Å². The lowest BCUT2D eigenvalue weighted by Crippen LogP contribution is -2.27. The van der Waals surface area contributed by atoms with Crippen LogP contribution >= 0.6 is 15.9 Å². The molecular formula is C14H14BrN3O. The first-order chi connectivity index (χ1) is 9.20. The summed E-state index contributed by atoms with van der Waals surface area (Å²) in [5.74, 6) is -0.484. The molecule has 1 unspecified atom stereocenters. The second-order valence-electron chi connectivity index (χ2n) is 4.06. The number of pyridine rings is 1. The van der Waals surface area contributed by atoms with Crippen molar-refractivity contribution in [1.29, 1.82) is 0 Å². The van der Waals surface area contributed by atoms with Crippen molar-refractivity contribution in [3.8, 4) is 0 Å². The van der Waals surface area contributed by atoms with Gasteiger partial charge in [-0.05, 0) is 33.6 Å². The normalized spacial score (nSPS) is 11.9. The van der Waals surface area contributed by atoms with Gasteiger partial charge in [-0.25, -0.2) is 4.98 Å². The third-order valence-electron chi connectivity index (χ3n) is 2.75. The van der Waals surface area contributed by atoms with Gasteiger partial charge in [-0.3, -0.25) is 4.79 Å². The maximum absolute atomic E-state index is 12.2. The molecule has 0 aliphatic heterocycles. The number of rotatable bonds is 4. The first-order valence-corrected chi connectivity index (χ1v) is 6.67. The number of nitrogens with zero attached hydrogens (tertiary/aromatic N) is 1. The third kappa shape index (κ3) is 3.62. The zero-order chi connectivity index (χ0) is 13.7. The van der Waals surface area contributed by atoms with Gasteiger partial charge in [0.25, 0.3) is 0 Å². The fraction of sp³-hybridized carbons (Fsp3) is 0.143. The van der Waals surface area contributed by atoms with Crippen LogP contribution in [0.2, 0.25) is 0 Å². The van der Waals surface area contributed by atoms with E-state index >= 15 is 0 Å². The van der Waals surface area contributed by atoms with Crippen molar-refractivity contribution in [2.24, 2.45) is 5.73 Å². The minimum atomic E-state index is -0.357. The minimum Gasteiger partial charge on any atom is -0.329 e. The lowest BCUT2D eigenvalue weighted by Gasteiger charge is -2.15. The number of nitrogens with two attached hydrogens (primary N) is 1. The number of anilines is 1. The standard InChI is InChI=1S/C14H14BrN3O/c15-13-7-6-11(9-17-13)18-14(19)12(8-16)10-4-2-1-3-5-10/h1-7,9,12H,8,16H2,(H,18,19). The van der Waals surface area contributed by atoms with Gasteiger partial charge in [-0.1, -0.05) is 30.3 Å². The number of hydrogen-bond acceptors (Lipinski definition) is 3. The molecule has 0 aliphatic rings. The highest BCUT2D eigenvalue weighted by molar-refractivity contribution is 9.10. The summed E-state index contributed by atoms with van der Waals surface area (Å²) >= 11 is 3.25. The molecule has 1 amide bonds. The molecule has 0 fully saturated rings. The Morgan fingerprint density at radius 2 is 2.00 bits per heavy atom. The van der Waals surface area contributed by atoms with Gasteiger partial charge in [0, 0.05) is 6.54 Å². The summed E-state index contributed by atoms with van der Waals surface area (Å²) in [6, 6.07) is 13.1. The molecule has 3 N–H and O–H groups in total. The molecule has 0 radical (unpaired) electrons. The Morgan fingerprint density at radius 1 is 1.26 bits per heavy atom. The number of hydrogen-bond donors (Lipinski definition) is 2. The molecule has 4 nitrogen and oxygen atoms in total. The summed E-state index contributed by atoms with van der Waals surface area (Å²) in [5.41, 5.74) is 7.26. The molecule has 1 heterocycles. The van der Waals surface area contributed by atoms with Crippen LogP contribution in [0.25, 0.3) is 0 Å². The molecule has 1 aromatic heterocycles. The summed E-state index contributed by atoms with van der Waals surface area (Å²) in [6.07, 6.45) is 1.60. The van der Waals surface area contributed by atoms with Gasteiger partial charge in [-0.15, -0.1) is 0 Å². The van der Waals surface area contributed by atoms with Crippen molar-refractivity contribution >= 4 is 27.5 Å². The molecule has 0 saturated carbocycles. The number of nitrogens with one attached hydrogen (secondary N) is 1. The summed E-state index contributed by atoms with van der Waals surface area (Å²) in [6.45, 7) is 0.264. The smallest absolute Gasteiger partial charge is 0.233 e. The average Bonchev–Trinajstić information content (AvgIpc) is 2.43. The Hall–Kier alpha value is -1.72. The van der Waals surface area contributed by atoms with E-state index in [4.69, 9.17) is 5.73 Å². The van der Waals surface area contributed by atoms with Crippen LogP contribution in [0.4, 0.5) is 5.69 Å². The van der Waals surface area contributed by atoms with Crippen LogP contribution in [0.5, 0.6) is 0 Å². The van der Waals surface area contributed by atoms with Gasteiger partial charge in [0.2, 0.25) is 5.91 Å². The minimum absolute atomic E-state index is 0.127. The predicted molar refractivity (Wildman–Crippen MR) is 78.8 cm³/mol. The maximum Gasteiger partial charge on any atom is 0.233 e. The third-order valence-corrected chi connectivity index (χ3v) is 3.22. The Morgan fingerprint density at radius 3 is 2.58 bits per heavy atom. The number of aromatic nitrogens is 1. The molecule has 0 saturated heterocycles. The van der Waals surface area contributed by atoms with Crippen molar-refractivity contribution in [2.45, 2.75) is 5.92 Å². The first-order valence-electron chi connectivity index (χ1n) is 5.88. The van der Waals surface area contributed by atoms with Crippen molar-refractivity contribution < 1.29 is 4.79 Å². The van der Waals surface area contributed by atoms with Crippen molar-refractivity contribution in [3.05, 3.63) is 58.8 Å². The zero-order valence-electron chi connectivity index (χ0n) is 10.2. The molecule has 0 aliphatic carbocycles. The van der Waals surface area contributed by atoms with Gasteiger partial charge >= 0.3 is 0 Å².